The average molecular weight is 567 g/mol. The quantitative estimate of drug-likeness (QED) is 0.202. The van der Waals surface area contributed by atoms with Crippen molar-refractivity contribution in [1.29, 1.82) is 0 Å². The normalized spacial score (nSPS) is 13.8. The second-order valence-electron chi connectivity index (χ2n) is 10.2. The Bertz CT molecular complexity index is 1960. The topological polar surface area (TPSA) is 93.2 Å². The van der Waals surface area contributed by atoms with Crippen molar-refractivity contribution >= 4 is 35.0 Å². The molecule has 0 spiro atoms. The van der Waals surface area contributed by atoms with Gasteiger partial charge in [0.25, 0.3) is 23.6 Å². The van der Waals surface area contributed by atoms with Crippen molar-refractivity contribution in [2.24, 2.45) is 0 Å². The van der Waals surface area contributed by atoms with E-state index in [1.165, 1.54) is 0 Å². The summed E-state index contributed by atoms with van der Waals surface area (Å²) in [5.74, 6) is 0.256. The molecule has 5 aromatic carbocycles. The van der Waals surface area contributed by atoms with E-state index in [1.807, 2.05) is 13.0 Å². The van der Waals surface area contributed by atoms with Crippen molar-refractivity contribution in [3.63, 3.8) is 0 Å². The molecule has 4 amide bonds. The lowest BCUT2D eigenvalue weighted by molar-refractivity contribution is 0.0910. The number of rotatable bonds is 6. The van der Waals surface area contributed by atoms with Gasteiger partial charge in [0.1, 0.15) is 23.0 Å². The van der Waals surface area contributed by atoms with E-state index in [0.717, 1.165) is 15.4 Å². The molecule has 2 aliphatic rings. The number of fused-ring (bicyclic) bond motifs is 2. The van der Waals surface area contributed by atoms with Gasteiger partial charge in [0.05, 0.1) is 33.6 Å². The first kappa shape index (κ1) is 25.9. The minimum Gasteiger partial charge on any atom is -0.457 e. The lowest BCUT2D eigenvalue weighted by Gasteiger charge is -2.16. The van der Waals surface area contributed by atoms with Gasteiger partial charge in [-0.1, -0.05) is 42.0 Å². The van der Waals surface area contributed by atoms with Crippen LogP contribution in [0.15, 0.2) is 115 Å². The number of nitrogens with zero attached hydrogens (tertiary/aromatic N) is 2. The number of anilines is 2. The van der Waals surface area contributed by atoms with Crippen LogP contribution in [0.4, 0.5) is 11.4 Å². The summed E-state index contributed by atoms with van der Waals surface area (Å²) in [7, 11) is 0. The fourth-order valence-electron chi connectivity index (χ4n) is 5.26. The van der Waals surface area contributed by atoms with Gasteiger partial charge in [-0.3, -0.25) is 19.2 Å². The summed E-state index contributed by atoms with van der Waals surface area (Å²) in [4.78, 5) is 54.2. The molecule has 0 N–H and O–H groups in total. The Kier molecular flexibility index (Phi) is 6.09. The molecule has 0 radical (unpaired) electrons. The minimum atomic E-state index is -0.383. The van der Waals surface area contributed by atoms with E-state index in [-0.39, 0.29) is 23.6 Å². The Hall–Kier alpha value is -6.02. The lowest BCUT2D eigenvalue weighted by Crippen LogP contribution is -2.29. The van der Waals surface area contributed by atoms with Crippen LogP contribution >= 0.6 is 0 Å². The van der Waals surface area contributed by atoms with Gasteiger partial charge in [0.15, 0.2) is 0 Å². The first-order valence-corrected chi connectivity index (χ1v) is 13.5. The number of amides is 4. The highest BCUT2D eigenvalue weighted by Gasteiger charge is 2.37. The molecule has 0 atom stereocenters. The van der Waals surface area contributed by atoms with Crippen molar-refractivity contribution in [2.45, 2.75) is 6.92 Å². The Morgan fingerprint density at radius 1 is 0.419 bits per heavy atom. The maximum atomic E-state index is 13.1. The molecule has 8 heteroatoms. The van der Waals surface area contributed by atoms with E-state index in [0.29, 0.717) is 56.6 Å². The molecule has 0 saturated carbocycles. The third-order valence-corrected chi connectivity index (χ3v) is 7.26. The Morgan fingerprint density at radius 2 is 0.837 bits per heavy atom. The van der Waals surface area contributed by atoms with Crippen LogP contribution in [-0.4, -0.2) is 23.6 Å². The van der Waals surface area contributed by atoms with E-state index in [4.69, 9.17) is 9.47 Å². The number of carbonyl (C=O) groups is 4. The Morgan fingerprint density at radius 3 is 1.35 bits per heavy atom. The maximum Gasteiger partial charge on any atom is 0.266 e. The molecule has 2 aliphatic heterocycles. The van der Waals surface area contributed by atoms with Gasteiger partial charge in [-0.05, 0) is 67.6 Å². The summed E-state index contributed by atoms with van der Waals surface area (Å²) in [6, 6.07) is 32.4. The van der Waals surface area contributed by atoms with Crippen LogP contribution in [0.25, 0.3) is 0 Å². The lowest BCUT2D eigenvalue weighted by atomic mass is 10.1. The van der Waals surface area contributed by atoms with Crippen LogP contribution in [0, 0.1) is 6.92 Å². The van der Waals surface area contributed by atoms with Gasteiger partial charge >= 0.3 is 0 Å². The summed E-state index contributed by atoms with van der Waals surface area (Å²) < 4.78 is 12.1. The molecule has 2 heterocycles. The molecule has 43 heavy (non-hydrogen) atoms. The summed E-state index contributed by atoms with van der Waals surface area (Å²) in [6.45, 7) is 1.87. The number of benzene rings is 5. The highest BCUT2D eigenvalue weighted by molar-refractivity contribution is 6.35. The summed E-state index contributed by atoms with van der Waals surface area (Å²) >= 11 is 0. The molecule has 7 rings (SSSR count). The molecule has 8 nitrogen and oxygen atoms in total. The highest BCUT2D eigenvalue weighted by Crippen LogP contribution is 2.35. The standard InChI is InChI=1S/C35H22N2O6/c1-21-15-16-30-31(17-21)35(41)37(34(30)40)23-8-5-10-25(19-23)43-27-12-6-11-26(20-27)42-24-9-4-7-22(18-24)36-32(38)28-13-2-3-14-29(28)33(36)39/h2-20H,1H3. The van der Waals surface area contributed by atoms with Crippen LogP contribution in [0.3, 0.4) is 0 Å². The second-order valence-corrected chi connectivity index (χ2v) is 10.2. The van der Waals surface area contributed by atoms with Crippen LogP contribution in [0.2, 0.25) is 0 Å². The van der Waals surface area contributed by atoms with E-state index in [2.05, 4.69) is 0 Å². The van der Waals surface area contributed by atoms with E-state index >= 15 is 0 Å². The zero-order chi connectivity index (χ0) is 29.7. The minimum absolute atomic E-state index is 0.367. The van der Waals surface area contributed by atoms with Crippen molar-refractivity contribution in [1.82, 2.24) is 0 Å². The van der Waals surface area contributed by atoms with Gasteiger partial charge in [0.2, 0.25) is 0 Å². The van der Waals surface area contributed by atoms with E-state index in [1.54, 1.807) is 109 Å². The number of ether oxygens (including phenoxy) is 2. The molecule has 0 aliphatic carbocycles. The molecule has 5 aromatic rings. The first-order valence-electron chi connectivity index (χ1n) is 13.5. The molecular formula is C35H22N2O6. The Labute approximate surface area is 246 Å². The zero-order valence-corrected chi connectivity index (χ0v) is 22.8. The van der Waals surface area contributed by atoms with Crippen molar-refractivity contribution in [2.75, 3.05) is 9.80 Å². The second kappa shape index (κ2) is 10.1. The largest absolute Gasteiger partial charge is 0.457 e. The zero-order valence-electron chi connectivity index (χ0n) is 22.8. The molecule has 0 aromatic heterocycles. The number of hydrogen-bond acceptors (Lipinski definition) is 6. The fraction of sp³-hybridized carbons (Fsp3) is 0.0286. The molecule has 208 valence electrons. The number of aryl methyl sites for hydroxylation is 1. The van der Waals surface area contributed by atoms with Gasteiger partial charge in [-0.25, -0.2) is 9.80 Å². The smallest absolute Gasteiger partial charge is 0.266 e. The van der Waals surface area contributed by atoms with Crippen LogP contribution < -0.4 is 19.3 Å². The number of hydrogen-bond donors (Lipinski definition) is 0. The van der Waals surface area contributed by atoms with E-state index < -0.39 is 0 Å². The van der Waals surface area contributed by atoms with Gasteiger partial charge in [-0.15, -0.1) is 0 Å². The monoisotopic (exact) mass is 566 g/mol. The van der Waals surface area contributed by atoms with Gasteiger partial charge in [-0.2, -0.15) is 0 Å². The molecule has 0 bridgehead atoms. The predicted molar refractivity (Wildman–Crippen MR) is 159 cm³/mol. The molecular weight excluding hydrogens is 544 g/mol. The number of carbonyl (C=O) groups excluding carboxylic acids is 4. The van der Waals surface area contributed by atoms with Crippen molar-refractivity contribution in [3.8, 4) is 23.0 Å². The Balaban J connectivity index is 1.09. The molecule has 0 saturated heterocycles. The van der Waals surface area contributed by atoms with Crippen LogP contribution in [0.1, 0.15) is 47.0 Å². The summed E-state index contributed by atoms with van der Waals surface area (Å²) in [5, 5.41) is 0. The highest BCUT2D eigenvalue weighted by atomic mass is 16.5. The van der Waals surface area contributed by atoms with Gasteiger partial charge in [0, 0.05) is 18.2 Å². The van der Waals surface area contributed by atoms with E-state index in [9.17, 15) is 19.2 Å². The maximum absolute atomic E-state index is 13.1. The van der Waals surface area contributed by atoms with Gasteiger partial charge < -0.3 is 9.47 Å². The third-order valence-electron chi connectivity index (χ3n) is 7.26. The van der Waals surface area contributed by atoms with Crippen LogP contribution in [0.5, 0.6) is 23.0 Å². The van der Waals surface area contributed by atoms with Crippen molar-refractivity contribution in [3.05, 3.63) is 143 Å². The molecule has 0 fully saturated rings. The predicted octanol–water partition coefficient (Wildman–Crippen LogP) is 7.18. The summed E-state index contributed by atoms with van der Waals surface area (Å²) in [5.41, 5.74) is 3.19. The summed E-state index contributed by atoms with van der Waals surface area (Å²) in [6.07, 6.45) is 0. The SMILES string of the molecule is Cc1ccc2c(c1)C(=O)N(c1cccc(Oc3cccc(Oc4cccc(N5C(=O)c6ccccc6C5=O)c4)c3)c1)C2=O. The molecule has 0 unspecified atom stereocenters. The van der Waals surface area contributed by atoms with Crippen LogP contribution in [-0.2, 0) is 0 Å². The average Bonchev–Trinajstić information content (AvgIpc) is 3.41. The fourth-order valence-corrected chi connectivity index (χ4v) is 5.26. The van der Waals surface area contributed by atoms with Crippen molar-refractivity contribution < 1.29 is 28.7 Å². The first-order chi connectivity index (χ1) is 20.9. The number of imide groups is 2. The third kappa shape index (κ3) is 4.51.